The molecule has 0 aromatic carbocycles. The number of nitrogens with zero attached hydrogens (tertiary/aromatic N) is 4. The fourth-order valence-corrected chi connectivity index (χ4v) is 7.22. The van der Waals surface area contributed by atoms with Crippen molar-refractivity contribution >= 4 is 50.1 Å². The van der Waals surface area contributed by atoms with Crippen LogP contribution in [0.15, 0.2) is 36.1 Å². The number of aliphatic hydroxyl groups excluding tert-OH is 1. The van der Waals surface area contributed by atoms with Gasteiger partial charge in [0.25, 0.3) is 0 Å². The third-order valence-corrected chi connectivity index (χ3v) is 9.23. The molecule has 265 valence electrons. The fraction of sp³-hybridized carbons (Fsp3) is 0.439. The molecule has 0 saturated carbocycles. The van der Waals surface area contributed by atoms with Crippen molar-refractivity contribution in [1.29, 1.82) is 0 Å². The molecule has 0 atom stereocenters. The molecule has 0 saturated heterocycles. The second kappa shape index (κ2) is 17.6. The Kier molecular flexibility index (Phi) is 14.5. The summed E-state index contributed by atoms with van der Waals surface area (Å²) in [5.41, 5.74) is 19.1. The Hall–Kier alpha value is -2.96. The molecule has 6 nitrogen and oxygen atoms in total. The smallest absolute Gasteiger partial charge is 0.155 e. The van der Waals surface area contributed by atoms with Crippen LogP contribution in [-0.4, -0.2) is 20.9 Å². The van der Waals surface area contributed by atoms with Crippen molar-refractivity contribution in [2.45, 2.75) is 121 Å². The predicted octanol–water partition coefficient (Wildman–Crippen LogP) is 10.3. The molecular formula is C41H52LuN4O2-2. The third kappa shape index (κ3) is 8.08. The second-order valence-corrected chi connectivity index (χ2v) is 12.2. The van der Waals surface area contributed by atoms with Gasteiger partial charge in [-0.25, -0.2) is 9.97 Å². The number of allylic oxidation sites excluding steroid dienone is 6. The van der Waals surface area contributed by atoms with Gasteiger partial charge in [0.05, 0.1) is 28.5 Å². The number of hydrogen-bond acceptors (Lipinski definition) is 4. The van der Waals surface area contributed by atoms with Crippen LogP contribution in [0.1, 0.15) is 140 Å². The normalized spacial score (nSPS) is 13.0. The summed E-state index contributed by atoms with van der Waals surface area (Å²) in [4.78, 5) is 31.0. The molecule has 1 N–H and O–H groups in total. The molecule has 8 bridgehead atoms. The third-order valence-electron chi connectivity index (χ3n) is 9.23. The standard InChI is InChI=1S/C36H44N4.C5H8O2.Lu/c1-9-21-22(10-2)30-18-32-25(13-5)26(14-6)34(39-32)20-36-28(16-8)27(15-7)35(40-36)19-33-24(12-4)23(11-3)31(38-33)17-29(21)37-30;1-4(6)3-5(2)7;/h17-20H,9-16H2,1-8H3;3,6H,1-2H3;/q-2;;/b;4-3-;. The number of carbonyl (C=O) groups is 1. The average molecular weight is 808 g/mol. The number of carbonyl (C=O) groups excluding carboxylic acids is 1. The van der Waals surface area contributed by atoms with E-state index >= 15 is 0 Å². The maximum atomic E-state index is 10.0. The molecule has 3 aromatic heterocycles. The van der Waals surface area contributed by atoms with E-state index in [-0.39, 0.29) is 48.4 Å². The van der Waals surface area contributed by atoms with E-state index in [9.17, 15) is 4.79 Å². The molecule has 5 rings (SSSR count). The van der Waals surface area contributed by atoms with Gasteiger partial charge in [0.15, 0.2) is 5.78 Å². The van der Waals surface area contributed by atoms with Crippen molar-refractivity contribution in [2.75, 3.05) is 0 Å². The van der Waals surface area contributed by atoms with E-state index in [0.717, 1.165) is 96.2 Å². The van der Waals surface area contributed by atoms with Crippen LogP contribution >= 0.6 is 0 Å². The summed E-state index contributed by atoms with van der Waals surface area (Å²) < 4.78 is 0. The van der Waals surface area contributed by atoms with E-state index in [4.69, 9.17) is 25.0 Å². The van der Waals surface area contributed by atoms with Crippen molar-refractivity contribution in [2.24, 2.45) is 0 Å². The molecule has 0 spiro atoms. The van der Waals surface area contributed by atoms with Crippen LogP contribution in [0.5, 0.6) is 0 Å². The number of fused-ring (bicyclic) bond motifs is 8. The molecule has 2 aliphatic heterocycles. The molecule has 0 aliphatic carbocycles. The van der Waals surface area contributed by atoms with Crippen molar-refractivity contribution in [1.82, 2.24) is 19.9 Å². The average Bonchev–Trinajstić information content (AvgIpc) is 3.75. The van der Waals surface area contributed by atoms with Gasteiger partial charge in [-0.15, -0.1) is 22.1 Å². The molecule has 1 radical (unpaired) electrons. The zero-order valence-corrected chi connectivity index (χ0v) is 32.1. The molecule has 7 heteroatoms. The first-order valence-electron chi connectivity index (χ1n) is 17.6. The molecule has 48 heavy (non-hydrogen) atoms. The largest absolute Gasteiger partial charge is 0.657 e. The zero-order chi connectivity index (χ0) is 34.4. The number of hydrogen-bond donors (Lipinski definition) is 1. The molecule has 2 aliphatic rings. The Morgan fingerprint density at radius 2 is 0.792 bits per heavy atom. The number of aliphatic hydroxyl groups is 1. The zero-order valence-electron chi connectivity index (χ0n) is 30.4. The Morgan fingerprint density at radius 1 is 0.542 bits per heavy atom. The first-order valence-corrected chi connectivity index (χ1v) is 17.6. The molecule has 0 amide bonds. The Bertz CT molecular complexity index is 1680. The first-order chi connectivity index (χ1) is 22.6. The summed E-state index contributed by atoms with van der Waals surface area (Å²) in [5, 5.41) is 8.36. The van der Waals surface area contributed by atoms with Crippen LogP contribution in [0, 0.1) is 36.9 Å². The van der Waals surface area contributed by atoms with Crippen molar-refractivity contribution in [3.63, 3.8) is 0 Å². The van der Waals surface area contributed by atoms with E-state index in [0.29, 0.717) is 0 Å². The van der Waals surface area contributed by atoms with Gasteiger partial charge in [-0.3, -0.25) is 4.79 Å². The van der Waals surface area contributed by atoms with Crippen molar-refractivity contribution < 1.29 is 46.8 Å². The molecule has 0 fully saturated rings. The topological polar surface area (TPSA) is 91.3 Å². The molecule has 3 aromatic rings. The summed E-state index contributed by atoms with van der Waals surface area (Å²) >= 11 is 0. The minimum absolute atomic E-state index is 0. The summed E-state index contributed by atoms with van der Waals surface area (Å²) in [6.07, 6.45) is 8.77. The minimum atomic E-state index is -0.125. The molecule has 0 unspecified atom stereocenters. The summed E-state index contributed by atoms with van der Waals surface area (Å²) in [6.45, 7) is 20.8. The van der Waals surface area contributed by atoms with Crippen molar-refractivity contribution in [3.8, 4) is 0 Å². The minimum Gasteiger partial charge on any atom is -0.657 e. The van der Waals surface area contributed by atoms with Crippen LogP contribution in [0.2, 0.25) is 0 Å². The van der Waals surface area contributed by atoms with Crippen LogP contribution < -0.4 is 9.97 Å². The van der Waals surface area contributed by atoms with Crippen LogP contribution in [0.3, 0.4) is 0 Å². The van der Waals surface area contributed by atoms with Crippen LogP contribution in [0.4, 0.5) is 0 Å². The summed E-state index contributed by atoms with van der Waals surface area (Å²) in [5.74, 6) is -0.0625. The maximum Gasteiger partial charge on any atom is 0.155 e. The van der Waals surface area contributed by atoms with E-state index in [1.54, 1.807) is 0 Å². The van der Waals surface area contributed by atoms with E-state index in [1.807, 2.05) is 0 Å². The summed E-state index contributed by atoms with van der Waals surface area (Å²) in [7, 11) is 0. The van der Waals surface area contributed by atoms with Gasteiger partial charge in [0.1, 0.15) is 0 Å². The Balaban J connectivity index is 0.000000706. The number of aryl methyl sites for hydroxylation is 4. The van der Waals surface area contributed by atoms with Gasteiger partial charge >= 0.3 is 0 Å². The quantitative estimate of drug-likeness (QED) is 0.171. The van der Waals surface area contributed by atoms with E-state index in [1.165, 1.54) is 64.5 Å². The number of rotatable bonds is 9. The van der Waals surface area contributed by atoms with Gasteiger partial charge in [-0.1, -0.05) is 102 Å². The van der Waals surface area contributed by atoms with Crippen LogP contribution in [0.25, 0.3) is 44.4 Å². The van der Waals surface area contributed by atoms with Gasteiger partial charge < -0.3 is 15.1 Å². The first kappa shape index (κ1) is 39.5. The number of aromatic nitrogens is 4. The van der Waals surface area contributed by atoms with Crippen molar-refractivity contribution in [3.05, 3.63) is 81.1 Å². The van der Waals surface area contributed by atoms with Gasteiger partial charge in [-0.05, 0) is 87.5 Å². The van der Waals surface area contributed by atoms with E-state index in [2.05, 4.69) is 79.7 Å². The van der Waals surface area contributed by atoms with E-state index < -0.39 is 0 Å². The van der Waals surface area contributed by atoms with Gasteiger partial charge in [-0.2, -0.15) is 0 Å². The van der Waals surface area contributed by atoms with Gasteiger partial charge in [0.2, 0.25) is 0 Å². The molecule has 5 heterocycles. The second-order valence-electron chi connectivity index (χ2n) is 12.2. The van der Waals surface area contributed by atoms with Crippen LogP contribution in [-0.2, 0) is 30.5 Å². The number of ketones is 1. The van der Waals surface area contributed by atoms with Gasteiger partial charge in [0, 0.05) is 43.0 Å². The summed E-state index contributed by atoms with van der Waals surface area (Å²) in [6, 6.07) is 8.98. The Labute approximate surface area is 316 Å². The fourth-order valence-electron chi connectivity index (χ4n) is 7.22. The monoisotopic (exact) mass is 807 g/mol. The SMILES string of the molecule is CC(=O)/C=C(/C)O.CCC1=C(CC)c2cc3[n-]c(cc4nc(cc5[n-]c(cc1n2)c(CC)c5CC)C(CC)=C4CC)c(CC)c3CC.[Lu]. The molecular weight excluding hydrogens is 755 g/mol. The predicted molar refractivity (Wildman–Crippen MR) is 198 cm³/mol. The maximum absolute atomic E-state index is 10.0. The Morgan fingerprint density at radius 3 is 0.938 bits per heavy atom.